The van der Waals surface area contributed by atoms with Gasteiger partial charge in [0.25, 0.3) is 0 Å². The third-order valence-electron chi connectivity index (χ3n) is 3.70. The fraction of sp³-hybridized carbons (Fsp3) is 0.938. The molecule has 1 aliphatic rings. The monoisotopic (exact) mass is 337 g/mol. The Morgan fingerprint density at radius 3 is 2.73 bits per heavy atom. The van der Waals surface area contributed by atoms with E-state index in [9.17, 15) is 4.79 Å². The van der Waals surface area contributed by atoms with E-state index in [4.69, 9.17) is 19.9 Å². The summed E-state index contributed by atoms with van der Waals surface area (Å²) in [6, 6.07) is 0. The van der Waals surface area contributed by atoms with Gasteiger partial charge in [0.05, 0.1) is 19.3 Å². The summed E-state index contributed by atoms with van der Waals surface area (Å²) in [5.41, 5.74) is 5.21. The number of cyclic esters (lactones) is 1. The van der Waals surface area contributed by atoms with Crippen molar-refractivity contribution in [2.45, 2.75) is 71.1 Å². The quantitative estimate of drug-likeness (QED) is 0.754. The van der Waals surface area contributed by atoms with E-state index in [2.05, 4.69) is 20.8 Å². The summed E-state index contributed by atoms with van der Waals surface area (Å²) >= 11 is 0. The fourth-order valence-corrected chi connectivity index (χ4v) is 2.34. The molecule has 0 saturated carbocycles. The number of nitrogens with two attached hydrogens (primary N) is 1. The molecule has 1 rings (SSSR count). The smallest absolute Gasteiger partial charge is 0.328 e. The largest absolute Gasteiger partial charge is 0.461 e. The molecule has 0 spiro atoms. The van der Waals surface area contributed by atoms with E-state index in [1.807, 2.05) is 6.92 Å². The lowest BCUT2D eigenvalue weighted by molar-refractivity contribution is -0.157. The van der Waals surface area contributed by atoms with Crippen LogP contribution in [0.1, 0.15) is 53.4 Å². The maximum atomic E-state index is 12.3. The topological polar surface area (TPSA) is 70.8 Å². The average molecular weight is 338 g/mol. The summed E-state index contributed by atoms with van der Waals surface area (Å²) in [5.74, 6) is 0.135. The molecule has 6 heteroatoms. The molecule has 0 aromatic carbocycles. The number of carbonyl (C=O) groups is 1. The molecule has 1 saturated heterocycles. The number of rotatable bonds is 6. The van der Waals surface area contributed by atoms with Crippen LogP contribution in [0.3, 0.4) is 0 Å². The van der Waals surface area contributed by atoms with Crippen LogP contribution in [0.25, 0.3) is 0 Å². The van der Waals surface area contributed by atoms with Gasteiger partial charge in [-0.2, -0.15) is 0 Å². The number of ether oxygens (including phenoxy) is 3. The molecule has 0 radical (unpaired) electrons. The summed E-state index contributed by atoms with van der Waals surface area (Å²) in [6.07, 6.45) is 2.81. The van der Waals surface area contributed by atoms with Gasteiger partial charge in [-0.05, 0) is 32.1 Å². The van der Waals surface area contributed by atoms with Crippen LogP contribution < -0.4 is 5.73 Å². The summed E-state index contributed by atoms with van der Waals surface area (Å²) < 4.78 is 16.9. The van der Waals surface area contributed by atoms with Crippen LogP contribution in [0.4, 0.5) is 0 Å². The molecule has 0 amide bonds. The maximum absolute atomic E-state index is 12.3. The standard InChI is InChI=1S/C16H31NO4.ClH/c1-5-8-20-14-9-13(4)21-15(18)16(17,11-19-10-14)7-6-12(2)3;/h12-14H,5-11,17H2,1-4H3;1H. The van der Waals surface area contributed by atoms with Gasteiger partial charge >= 0.3 is 5.97 Å². The minimum absolute atomic E-state index is 0. The highest BCUT2D eigenvalue weighted by Crippen LogP contribution is 2.21. The van der Waals surface area contributed by atoms with Crippen molar-refractivity contribution in [3.63, 3.8) is 0 Å². The highest BCUT2D eigenvalue weighted by molar-refractivity contribution is 5.85. The third-order valence-corrected chi connectivity index (χ3v) is 3.70. The van der Waals surface area contributed by atoms with Gasteiger partial charge in [-0.3, -0.25) is 0 Å². The van der Waals surface area contributed by atoms with Crippen molar-refractivity contribution in [1.82, 2.24) is 0 Å². The third kappa shape index (κ3) is 7.27. The Balaban J connectivity index is 0.00000441. The highest BCUT2D eigenvalue weighted by atomic mass is 35.5. The predicted octanol–water partition coefficient (Wildman–Crippen LogP) is 2.69. The molecular formula is C16H32ClNO4. The normalized spacial score (nSPS) is 30.0. The van der Waals surface area contributed by atoms with E-state index in [1.54, 1.807) is 0 Å². The van der Waals surface area contributed by atoms with E-state index < -0.39 is 5.54 Å². The molecule has 0 aliphatic carbocycles. The molecule has 0 aromatic rings. The zero-order valence-corrected chi connectivity index (χ0v) is 15.1. The molecule has 3 unspecified atom stereocenters. The molecule has 1 heterocycles. The van der Waals surface area contributed by atoms with Crippen LogP contribution in [0.5, 0.6) is 0 Å². The van der Waals surface area contributed by atoms with Crippen LogP contribution in [0.2, 0.25) is 0 Å². The average Bonchev–Trinajstić information content (AvgIpc) is 2.46. The van der Waals surface area contributed by atoms with Gasteiger partial charge in [-0.25, -0.2) is 4.79 Å². The number of esters is 1. The SMILES string of the molecule is CCCOC1COCC(N)(CCC(C)C)C(=O)OC(C)C1.Cl. The van der Waals surface area contributed by atoms with Crippen molar-refractivity contribution in [3.8, 4) is 0 Å². The summed E-state index contributed by atoms with van der Waals surface area (Å²) in [7, 11) is 0. The lowest BCUT2D eigenvalue weighted by Gasteiger charge is -2.28. The molecule has 132 valence electrons. The van der Waals surface area contributed by atoms with Crippen LogP contribution in [-0.2, 0) is 19.0 Å². The van der Waals surface area contributed by atoms with Crippen molar-refractivity contribution in [1.29, 1.82) is 0 Å². The van der Waals surface area contributed by atoms with Crippen LogP contribution in [-0.4, -0.2) is 43.5 Å². The van der Waals surface area contributed by atoms with Crippen LogP contribution in [0, 0.1) is 5.92 Å². The van der Waals surface area contributed by atoms with Crippen LogP contribution >= 0.6 is 12.4 Å². The first-order valence-electron chi connectivity index (χ1n) is 8.06. The molecule has 5 nitrogen and oxygen atoms in total. The lowest BCUT2D eigenvalue weighted by Crippen LogP contribution is -2.53. The number of halogens is 1. The van der Waals surface area contributed by atoms with E-state index in [-0.39, 0.29) is 37.2 Å². The summed E-state index contributed by atoms with van der Waals surface area (Å²) in [6.45, 7) is 9.52. The minimum Gasteiger partial charge on any atom is -0.461 e. The molecule has 22 heavy (non-hydrogen) atoms. The van der Waals surface area contributed by atoms with Gasteiger partial charge in [-0.15, -0.1) is 12.4 Å². The van der Waals surface area contributed by atoms with E-state index in [0.717, 1.165) is 12.8 Å². The Morgan fingerprint density at radius 2 is 2.14 bits per heavy atom. The fourth-order valence-electron chi connectivity index (χ4n) is 2.34. The molecule has 1 aliphatic heterocycles. The Hall–Kier alpha value is -0.360. The Kier molecular flexibility index (Phi) is 10.3. The van der Waals surface area contributed by atoms with Crippen LogP contribution in [0.15, 0.2) is 0 Å². The minimum atomic E-state index is -1.04. The van der Waals surface area contributed by atoms with Crippen molar-refractivity contribution in [3.05, 3.63) is 0 Å². The van der Waals surface area contributed by atoms with E-state index in [1.165, 1.54) is 0 Å². The first-order chi connectivity index (χ1) is 9.87. The van der Waals surface area contributed by atoms with Gasteiger partial charge in [0.15, 0.2) is 0 Å². The second kappa shape index (κ2) is 10.4. The van der Waals surface area contributed by atoms with Crippen molar-refractivity contribution >= 4 is 18.4 Å². The molecule has 0 bridgehead atoms. The van der Waals surface area contributed by atoms with Gasteiger partial charge in [0.2, 0.25) is 0 Å². The van der Waals surface area contributed by atoms with Gasteiger partial charge in [0.1, 0.15) is 11.6 Å². The number of hydrogen-bond donors (Lipinski definition) is 1. The van der Waals surface area contributed by atoms with Crippen molar-refractivity contribution < 1.29 is 19.0 Å². The first kappa shape index (κ1) is 21.6. The molecule has 0 aromatic heterocycles. The zero-order chi connectivity index (χ0) is 15.9. The van der Waals surface area contributed by atoms with Crippen molar-refractivity contribution in [2.24, 2.45) is 11.7 Å². The first-order valence-corrected chi connectivity index (χ1v) is 8.06. The molecule has 1 fully saturated rings. The summed E-state index contributed by atoms with van der Waals surface area (Å²) in [4.78, 5) is 12.3. The van der Waals surface area contributed by atoms with Gasteiger partial charge in [0, 0.05) is 13.0 Å². The predicted molar refractivity (Wildman–Crippen MR) is 89.3 cm³/mol. The maximum Gasteiger partial charge on any atom is 0.328 e. The van der Waals surface area contributed by atoms with Crippen molar-refractivity contribution in [2.75, 3.05) is 19.8 Å². The second-order valence-electron chi connectivity index (χ2n) is 6.55. The zero-order valence-electron chi connectivity index (χ0n) is 14.3. The molecule has 3 atom stereocenters. The Labute approximate surface area is 140 Å². The second-order valence-corrected chi connectivity index (χ2v) is 6.55. The van der Waals surface area contributed by atoms with Gasteiger partial charge < -0.3 is 19.9 Å². The van der Waals surface area contributed by atoms with E-state index >= 15 is 0 Å². The molecule has 2 N–H and O–H groups in total. The molecular weight excluding hydrogens is 306 g/mol. The van der Waals surface area contributed by atoms with Gasteiger partial charge in [-0.1, -0.05) is 20.8 Å². The number of carbonyl (C=O) groups excluding carboxylic acids is 1. The van der Waals surface area contributed by atoms with E-state index in [0.29, 0.717) is 32.0 Å². The summed E-state index contributed by atoms with van der Waals surface area (Å²) in [5, 5.41) is 0. The highest BCUT2D eigenvalue weighted by Gasteiger charge is 2.38. The Morgan fingerprint density at radius 1 is 1.45 bits per heavy atom. The Bertz CT molecular complexity index is 327. The lowest BCUT2D eigenvalue weighted by atomic mass is 9.92. The number of hydrogen-bond acceptors (Lipinski definition) is 5.